The molecule has 13 atom stereocenters. The largest absolute Gasteiger partial charge is 0.508 e. The van der Waals surface area contributed by atoms with Gasteiger partial charge in [0, 0.05) is 57.2 Å². The van der Waals surface area contributed by atoms with Gasteiger partial charge in [-0.2, -0.15) is 0 Å². The Labute approximate surface area is 663 Å². The van der Waals surface area contributed by atoms with E-state index in [0.29, 0.717) is 75.8 Å². The number of carbonyl (C=O) groups excluding carboxylic acids is 15. The van der Waals surface area contributed by atoms with Crippen LogP contribution in [0.3, 0.4) is 0 Å². The summed E-state index contributed by atoms with van der Waals surface area (Å²) in [6.07, 6.45) is 2.79. The molecule has 4 heterocycles. The molecule has 43 nitrogen and oxygen atoms in total. The van der Waals surface area contributed by atoms with Gasteiger partial charge in [-0.15, -0.1) is 0 Å². The normalized spacial score (nSPS) is 17.6. The van der Waals surface area contributed by atoms with Crippen LogP contribution in [0, 0.1) is 5.92 Å². The predicted molar refractivity (Wildman–Crippen MR) is 410 cm³/mol. The van der Waals surface area contributed by atoms with E-state index in [-0.39, 0.29) is 95.0 Å². The monoisotopic (exact) mass is 1620 g/mol. The number of unbranched alkanes of at least 4 members (excludes halogenated alkanes) is 2. The standard InChI is InChI=1S/C72H113N23O20/c1-3-39(2)59(71(114)115)93-66(109)49(32-40-18-20-42(96)21-19-40)90-64(107)47(23-25-58(101)102)87-63(106)46(22-24-54(75)97)88-65(108)50(34-55(76)98)91-68(111)53-17-11-31-95(53)70(113)51(33-41-35-79-38-84-41)92-62(105)45(13-5-7-27-74)86-61(104)44(14-8-29-81-72(77)78)85-57(100)37-82-56(99)36-83-60(103)43(12-4-6-26-73)89-67(110)52-16-10-30-94(52)69(112)48-15-9-28-80-48/h18-21,35,38-39,43-53,59,80,96H,3-17,22-34,36-37,73-74H2,1-2H3,(H2,75,97)(H2,76,98)(H,79,84)(H,82,99)(H,83,103)(H,85,100)(H,86,104)(H,87,106)(H,88,108)(H,89,110)(H,90,107)(H,91,111)(H,92,105)(H,93,109)(H,101,102)(H,114,115)(H4,77,78,81)/t39-,43-,44-,45-,46-,47-,48-,49-,50-,51-,52-,53-,59-/m0/s1. The Morgan fingerprint density at radius 1 is 0.548 bits per heavy atom. The van der Waals surface area contributed by atoms with Crippen LogP contribution in [0.25, 0.3) is 0 Å². The van der Waals surface area contributed by atoms with Crippen molar-refractivity contribution >= 4 is 107 Å². The van der Waals surface area contributed by atoms with Gasteiger partial charge in [-0.25, -0.2) is 9.78 Å². The highest BCUT2D eigenvalue weighted by atomic mass is 16.4. The SMILES string of the molecule is CC[C@H](C)[C@H](NC(=O)[C@H](Cc1ccc(O)cc1)NC(=O)[C@H](CCC(=O)O)NC(=O)[C@H](CCC(N)=O)NC(=O)[C@H](CC(N)=O)NC(=O)[C@@H]1CCCN1C(=O)[C@H](Cc1cnc[nH]1)NC(=O)[C@H](CCCCN)NC(=O)[C@H](CCCN=C(N)N)NC(=O)CNC(=O)CNC(=O)[C@H](CCCCN)NC(=O)[C@@H]1CCCN1C(=O)[C@@H]1CCCN1)C(=O)O. The molecule has 0 aliphatic carbocycles. The van der Waals surface area contributed by atoms with Crippen LogP contribution in [-0.2, 0) is 94.3 Å². The maximum atomic E-state index is 15.0. The number of imidazole rings is 1. The summed E-state index contributed by atoms with van der Waals surface area (Å²) in [6.45, 7) is 3.25. The molecule has 0 saturated carbocycles. The number of benzene rings is 1. The first-order chi connectivity index (χ1) is 54.7. The fourth-order valence-electron chi connectivity index (χ4n) is 13.2. The Bertz CT molecular complexity index is 3710. The van der Waals surface area contributed by atoms with Crippen LogP contribution in [0.4, 0.5) is 0 Å². The molecule has 115 heavy (non-hydrogen) atoms. The topological polar surface area (TPSA) is 699 Å². The molecular formula is C72H113N23O20. The van der Waals surface area contributed by atoms with E-state index in [2.05, 4.69) is 78.8 Å². The zero-order valence-corrected chi connectivity index (χ0v) is 64.7. The van der Waals surface area contributed by atoms with E-state index in [1.807, 2.05) is 0 Å². The molecule has 15 amide bonds. The number of nitrogens with two attached hydrogens (primary N) is 6. The summed E-state index contributed by atoms with van der Waals surface area (Å²) in [5.41, 5.74) is 34.3. The summed E-state index contributed by atoms with van der Waals surface area (Å²) >= 11 is 0. The van der Waals surface area contributed by atoms with Crippen LogP contribution in [0.15, 0.2) is 41.8 Å². The lowest BCUT2D eigenvalue weighted by Crippen LogP contribution is -2.61. The van der Waals surface area contributed by atoms with Crippen LogP contribution in [0.1, 0.15) is 154 Å². The average molecular weight is 1620 g/mol. The first kappa shape index (κ1) is 94.0. The number of carboxylic acids is 2. The number of nitrogens with one attached hydrogen (secondary N) is 13. The van der Waals surface area contributed by atoms with Gasteiger partial charge < -0.3 is 128 Å². The van der Waals surface area contributed by atoms with Crippen LogP contribution >= 0.6 is 0 Å². The van der Waals surface area contributed by atoms with Gasteiger partial charge in [-0.05, 0) is 146 Å². The van der Waals surface area contributed by atoms with Gasteiger partial charge in [0.25, 0.3) is 0 Å². The van der Waals surface area contributed by atoms with E-state index in [9.17, 15) is 92.0 Å². The van der Waals surface area contributed by atoms with E-state index < -0.39 is 218 Å². The molecule has 636 valence electrons. The minimum absolute atomic E-state index is 0.0220. The van der Waals surface area contributed by atoms with Gasteiger partial charge in [0.1, 0.15) is 72.2 Å². The van der Waals surface area contributed by atoms with Crippen molar-refractivity contribution < 1.29 is 96.8 Å². The molecule has 2 aromatic rings. The minimum atomic E-state index is -1.94. The van der Waals surface area contributed by atoms with Crippen molar-refractivity contribution in [1.29, 1.82) is 0 Å². The molecule has 0 spiro atoms. The number of primary amides is 2. The second-order valence-corrected chi connectivity index (χ2v) is 28.6. The Morgan fingerprint density at radius 3 is 1.59 bits per heavy atom. The van der Waals surface area contributed by atoms with Crippen molar-refractivity contribution in [2.45, 2.75) is 228 Å². The fourth-order valence-corrected chi connectivity index (χ4v) is 13.2. The Hall–Kier alpha value is -11.6. The number of nitrogens with zero attached hydrogens (tertiary/aromatic N) is 4. The quantitative estimate of drug-likeness (QED) is 0.0166. The van der Waals surface area contributed by atoms with Crippen molar-refractivity contribution in [1.82, 2.24) is 83.6 Å². The molecule has 5 rings (SSSR count). The van der Waals surface area contributed by atoms with Gasteiger partial charge in [0.05, 0.1) is 31.9 Å². The zero-order valence-electron chi connectivity index (χ0n) is 64.7. The van der Waals surface area contributed by atoms with Crippen molar-refractivity contribution in [3.8, 4) is 5.75 Å². The number of hydrogen-bond acceptors (Lipinski definition) is 23. The first-order valence-electron chi connectivity index (χ1n) is 38.6. The number of aromatic amines is 1. The van der Waals surface area contributed by atoms with Gasteiger partial charge >= 0.3 is 11.9 Å². The number of aliphatic carboxylic acids is 2. The maximum absolute atomic E-state index is 15.0. The van der Waals surface area contributed by atoms with Crippen LogP contribution in [0.2, 0.25) is 0 Å². The van der Waals surface area contributed by atoms with E-state index in [1.165, 1.54) is 41.7 Å². The number of carboxylic acid groups (broad SMARTS) is 2. The van der Waals surface area contributed by atoms with E-state index >= 15 is 4.79 Å². The third-order valence-electron chi connectivity index (χ3n) is 19.7. The van der Waals surface area contributed by atoms with Gasteiger partial charge in [-0.3, -0.25) is 81.7 Å². The number of rotatable bonds is 51. The Morgan fingerprint density at radius 2 is 1.06 bits per heavy atom. The Balaban J connectivity index is 1.31. The second-order valence-electron chi connectivity index (χ2n) is 28.6. The number of H-pyrrole nitrogens is 1. The van der Waals surface area contributed by atoms with Crippen LogP contribution in [-0.4, -0.2) is 266 Å². The summed E-state index contributed by atoms with van der Waals surface area (Å²) in [6, 6.07) is -11.5. The lowest BCUT2D eigenvalue weighted by atomic mass is 9.98. The number of aromatic hydroxyl groups is 1. The zero-order chi connectivity index (χ0) is 84.8. The van der Waals surface area contributed by atoms with Gasteiger partial charge in [0.2, 0.25) is 88.6 Å². The molecule has 0 bridgehead atoms. The smallest absolute Gasteiger partial charge is 0.326 e. The highest BCUT2D eigenvalue weighted by Crippen LogP contribution is 2.24. The van der Waals surface area contributed by atoms with E-state index in [0.717, 1.165) is 11.3 Å². The van der Waals surface area contributed by atoms with Crippen molar-refractivity contribution in [2.24, 2.45) is 45.3 Å². The molecule has 28 N–H and O–H groups in total. The Kier molecular flexibility index (Phi) is 39.6. The number of phenols is 1. The minimum Gasteiger partial charge on any atom is -0.508 e. The molecule has 3 fully saturated rings. The van der Waals surface area contributed by atoms with E-state index in [1.54, 1.807) is 13.8 Å². The lowest BCUT2D eigenvalue weighted by Gasteiger charge is -2.31. The molecular weight excluding hydrogens is 1510 g/mol. The molecule has 3 aliphatic rings. The fraction of sp³-hybridized carbons (Fsp3) is 0.625. The van der Waals surface area contributed by atoms with Crippen molar-refractivity contribution in [3.05, 3.63) is 48.0 Å². The maximum Gasteiger partial charge on any atom is 0.326 e. The summed E-state index contributed by atoms with van der Waals surface area (Å²) in [4.78, 5) is 245. The number of aliphatic imine (C=N–C) groups is 1. The van der Waals surface area contributed by atoms with Crippen LogP contribution in [0.5, 0.6) is 5.75 Å². The molecule has 43 heteroatoms. The van der Waals surface area contributed by atoms with Crippen molar-refractivity contribution in [3.63, 3.8) is 0 Å². The number of hydrogen-bond donors (Lipinski definition) is 22. The average Bonchev–Trinajstić information content (AvgIpc) is 1.71. The molecule has 1 aromatic carbocycles. The third-order valence-corrected chi connectivity index (χ3v) is 19.7. The molecule has 0 unspecified atom stereocenters. The second kappa shape index (κ2) is 48.4. The van der Waals surface area contributed by atoms with E-state index in [4.69, 9.17) is 34.4 Å². The number of guanidine groups is 1. The van der Waals surface area contributed by atoms with Gasteiger partial charge in [-0.1, -0.05) is 32.4 Å². The summed E-state index contributed by atoms with van der Waals surface area (Å²) in [7, 11) is 0. The first-order valence-corrected chi connectivity index (χ1v) is 38.6. The van der Waals surface area contributed by atoms with Gasteiger partial charge in [0.15, 0.2) is 5.96 Å². The molecule has 0 radical (unpaired) electrons. The number of phenolic OH excluding ortho intramolecular Hbond substituents is 1. The third kappa shape index (κ3) is 32.1. The molecule has 1 aromatic heterocycles. The number of likely N-dealkylation sites (tertiary alicyclic amines) is 2. The van der Waals surface area contributed by atoms with Crippen molar-refractivity contribution in [2.75, 3.05) is 52.4 Å². The summed E-state index contributed by atoms with van der Waals surface area (Å²) in [5, 5.41) is 60.1. The lowest BCUT2D eigenvalue weighted by molar-refractivity contribution is -0.144. The molecule has 3 aliphatic heterocycles. The predicted octanol–water partition coefficient (Wildman–Crippen LogP) is -7.32. The number of amides is 15. The molecule has 3 saturated heterocycles. The highest BCUT2D eigenvalue weighted by molar-refractivity contribution is 6.01. The number of carbonyl (C=O) groups is 17. The summed E-state index contributed by atoms with van der Waals surface area (Å²) < 4.78 is 0. The summed E-state index contributed by atoms with van der Waals surface area (Å²) in [5.74, 6) is -17.6. The number of aromatic nitrogens is 2. The van der Waals surface area contributed by atoms with Crippen LogP contribution < -0.4 is 98.2 Å². The highest BCUT2D eigenvalue weighted by Gasteiger charge is 2.43.